The molecule has 0 bridgehead atoms. The molecule has 1 amide bonds. The first-order chi connectivity index (χ1) is 11.8. The van der Waals surface area contributed by atoms with Crippen molar-refractivity contribution in [2.75, 3.05) is 0 Å². The van der Waals surface area contributed by atoms with Gasteiger partial charge in [0.1, 0.15) is 5.78 Å². The predicted octanol–water partition coefficient (Wildman–Crippen LogP) is 5.78. The Morgan fingerprint density at radius 1 is 1.12 bits per heavy atom. The van der Waals surface area contributed by atoms with Gasteiger partial charge in [0.2, 0.25) is 5.91 Å². The number of ketones is 1. The van der Waals surface area contributed by atoms with Crippen LogP contribution >= 0.6 is 11.6 Å². The molecule has 0 saturated carbocycles. The van der Waals surface area contributed by atoms with Crippen LogP contribution in [0.3, 0.4) is 0 Å². The number of amides is 1. The fraction of sp³-hybridized carbons (Fsp3) is 0.714. The molecule has 0 aromatic rings. The van der Waals surface area contributed by atoms with Crippen LogP contribution in [0.5, 0.6) is 0 Å². The molecule has 25 heavy (non-hydrogen) atoms. The van der Waals surface area contributed by atoms with Gasteiger partial charge in [-0.1, -0.05) is 50.4 Å². The molecule has 0 aliphatic heterocycles. The number of hydrogen-bond donors (Lipinski definition) is 1. The number of nitrogens with one attached hydrogen (secondary N) is 1. The zero-order valence-electron chi connectivity index (χ0n) is 16.4. The summed E-state index contributed by atoms with van der Waals surface area (Å²) in [6.07, 6.45) is 8.49. The third-order valence-corrected chi connectivity index (χ3v) is 4.83. The Bertz CT molecular complexity index is 445. The summed E-state index contributed by atoms with van der Waals surface area (Å²) in [5.41, 5.74) is 2.85. The topological polar surface area (TPSA) is 46.2 Å². The van der Waals surface area contributed by atoms with Crippen LogP contribution in [-0.4, -0.2) is 17.7 Å². The van der Waals surface area contributed by atoms with E-state index in [4.69, 9.17) is 11.6 Å². The van der Waals surface area contributed by atoms with Crippen LogP contribution in [0.2, 0.25) is 0 Å². The van der Waals surface area contributed by atoms with E-state index in [-0.39, 0.29) is 29.6 Å². The second-order valence-electron chi connectivity index (χ2n) is 7.15. The average molecular weight is 370 g/mol. The van der Waals surface area contributed by atoms with Crippen LogP contribution in [0.25, 0.3) is 0 Å². The summed E-state index contributed by atoms with van der Waals surface area (Å²) in [5.74, 6) is 0.345. The first-order valence-electron chi connectivity index (χ1n) is 9.57. The minimum Gasteiger partial charge on any atom is -0.354 e. The van der Waals surface area contributed by atoms with E-state index in [2.05, 4.69) is 18.8 Å². The van der Waals surface area contributed by atoms with Gasteiger partial charge in [0, 0.05) is 29.8 Å². The molecule has 1 N–H and O–H groups in total. The maximum absolute atomic E-state index is 12.3. The van der Waals surface area contributed by atoms with Crippen LogP contribution in [0.15, 0.2) is 23.8 Å². The van der Waals surface area contributed by atoms with Gasteiger partial charge in [-0.2, -0.15) is 0 Å². The summed E-state index contributed by atoms with van der Waals surface area (Å²) in [7, 11) is 0. The molecule has 0 spiro atoms. The molecule has 0 heterocycles. The van der Waals surface area contributed by atoms with Crippen molar-refractivity contribution in [2.45, 2.75) is 85.1 Å². The van der Waals surface area contributed by atoms with E-state index in [1.54, 1.807) is 5.54 Å². The van der Waals surface area contributed by atoms with Gasteiger partial charge in [0.05, 0.1) is 0 Å². The second kappa shape index (κ2) is 14.1. The van der Waals surface area contributed by atoms with Gasteiger partial charge in [-0.05, 0) is 45.4 Å². The standard InChI is InChI=1S/C21H36ClNO2/c1-6-8-11-16(3)21(25)17(4)14-18(5)23-20(24)13-9-12-19(15-22)10-7-2/h6,15-18H,1,7-14H2,2-5H3,(H,23,24)/b19-15+/t16-,17-,18-/m1/s1. The van der Waals surface area contributed by atoms with Gasteiger partial charge in [-0.25, -0.2) is 0 Å². The number of Topliss-reactive ketones (excluding diaryl/α,β-unsaturated/α-hetero) is 1. The van der Waals surface area contributed by atoms with E-state index < -0.39 is 0 Å². The summed E-state index contributed by atoms with van der Waals surface area (Å²) in [4.78, 5) is 24.4. The maximum atomic E-state index is 12.3. The quantitative estimate of drug-likeness (QED) is 0.394. The van der Waals surface area contributed by atoms with Crippen molar-refractivity contribution in [3.8, 4) is 0 Å². The molecule has 144 valence electrons. The van der Waals surface area contributed by atoms with Crippen LogP contribution in [-0.2, 0) is 9.59 Å². The van der Waals surface area contributed by atoms with Crippen molar-refractivity contribution in [3.05, 3.63) is 23.8 Å². The van der Waals surface area contributed by atoms with Gasteiger partial charge in [0.15, 0.2) is 0 Å². The minimum absolute atomic E-state index is 0.0109. The lowest BCUT2D eigenvalue weighted by molar-refractivity contribution is -0.127. The third kappa shape index (κ3) is 11.2. The van der Waals surface area contributed by atoms with Crippen LogP contribution in [0.1, 0.15) is 79.1 Å². The summed E-state index contributed by atoms with van der Waals surface area (Å²) >= 11 is 5.79. The highest BCUT2D eigenvalue weighted by atomic mass is 35.5. The Balaban J connectivity index is 4.14. The van der Waals surface area contributed by atoms with Crippen molar-refractivity contribution in [3.63, 3.8) is 0 Å². The fourth-order valence-corrected chi connectivity index (χ4v) is 3.30. The van der Waals surface area contributed by atoms with Gasteiger partial charge < -0.3 is 5.32 Å². The van der Waals surface area contributed by atoms with Crippen molar-refractivity contribution in [1.82, 2.24) is 5.32 Å². The Kier molecular flexibility index (Phi) is 13.5. The molecular formula is C21H36ClNO2. The molecule has 0 fully saturated rings. The lowest BCUT2D eigenvalue weighted by atomic mass is 9.88. The Morgan fingerprint density at radius 3 is 2.36 bits per heavy atom. The zero-order valence-corrected chi connectivity index (χ0v) is 17.2. The van der Waals surface area contributed by atoms with E-state index in [1.807, 2.05) is 26.8 Å². The van der Waals surface area contributed by atoms with Gasteiger partial charge >= 0.3 is 0 Å². The number of carbonyl (C=O) groups excluding carboxylic acids is 2. The molecule has 3 atom stereocenters. The molecule has 0 aromatic heterocycles. The molecule has 0 rings (SSSR count). The zero-order chi connectivity index (χ0) is 19.2. The van der Waals surface area contributed by atoms with Crippen molar-refractivity contribution in [2.24, 2.45) is 11.8 Å². The van der Waals surface area contributed by atoms with Crippen molar-refractivity contribution < 1.29 is 9.59 Å². The maximum Gasteiger partial charge on any atom is 0.220 e. The van der Waals surface area contributed by atoms with Gasteiger partial charge in [0.25, 0.3) is 0 Å². The van der Waals surface area contributed by atoms with Crippen LogP contribution < -0.4 is 5.32 Å². The lowest BCUT2D eigenvalue weighted by Crippen LogP contribution is -2.35. The summed E-state index contributed by atoms with van der Waals surface area (Å²) in [6, 6.07) is 0.0109. The number of hydrogen-bond acceptors (Lipinski definition) is 2. The van der Waals surface area contributed by atoms with Gasteiger partial charge in [-0.3, -0.25) is 9.59 Å². The molecule has 0 radical (unpaired) electrons. The normalized spacial score (nSPS) is 15.3. The highest BCUT2D eigenvalue weighted by Gasteiger charge is 2.21. The fourth-order valence-electron chi connectivity index (χ4n) is 3.08. The molecule has 4 heteroatoms. The third-order valence-electron chi connectivity index (χ3n) is 4.52. The van der Waals surface area contributed by atoms with Crippen LogP contribution in [0, 0.1) is 11.8 Å². The molecule has 0 aliphatic rings. The molecular weight excluding hydrogens is 334 g/mol. The Hall–Kier alpha value is -1.09. The summed E-state index contributed by atoms with van der Waals surface area (Å²) in [5, 5.41) is 3.01. The molecule has 0 saturated heterocycles. The SMILES string of the molecule is C=CCC[C@@H](C)C(=O)[C@H](C)C[C@@H](C)NC(=O)CCC/C(=C/Cl)CCC. The molecule has 0 aromatic carbocycles. The van der Waals surface area contributed by atoms with E-state index in [9.17, 15) is 9.59 Å². The average Bonchev–Trinajstić information content (AvgIpc) is 2.57. The highest BCUT2D eigenvalue weighted by Crippen LogP contribution is 2.18. The second-order valence-corrected chi connectivity index (χ2v) is 7.36. The summed E-state index contributed by atoms with van der Waals surface area (Å²) in [6.45, 7) is 11.7. The minimum atomic E-state index is -0.0366. The molecule has 3 nitrogen and oxygen atoms in total. The smallest absolute Gasteiger partial charge is 0.220 e. The van der Waals surface area contributed by atoms with E-state index in [0.29, 0.717) is 12.8 Å². The largest absolute Gasteiger partial charge is 0.354 e. The van der Waals surface area contributed by atoms with E-state index >= 15 is 0 Å². The lowest BCUT2D eigenvalue weighted by Gasteiger charge is -2.20. The summed E-state index contributed by atoms with van der Waals surface area (Å²) < 4.78 is 0. The van der Waals surface area contributed by atoms with Crippen molar-refractivity contribution >= 4 is 23.3 Å². The first-order valence-corrected chi connectivity index (χ1v) is 10.0. The van der Waals surface area contributed by atoms with Crippen LogP contribution in [0.4, 0.5) is 0 Å². The monoisotopic (exact) mass is 369 g/mol. The predicted molar refractivity (Wildman–Crippen MR) is 108 cm³/mol. The number of halogens is 1. The Labute approximate surface area is 159 Å². The Morgan fingerprint density at radius 2 is 1.80 bits per heavy atom. The number of rotatable bonds is 14. The molecule has 0 aliphatic carbocycles. The van der Waals surface area contributed by atoms with E-state index in [0.717, 1.165) is 38.5 Å². The van der Waals surface area contributed by atoms with E-state index in [1.165, 1.54) is 5.57 Å². The first kappa shape index (κ1) is 23.9. The highest BCUT2D eigenvalue weighted by molar-refractivity contribution is 6.25. The number of allylic oxidation sites excluding steroid dienone is 2. The van der Waals surface area contributed by atoms with Gasteiger partial charge in [-0.15, -0.1) is 6.58 Å². The number of carbonyl (C=O) groups is 2. The van der Waals surface area contributed by atoms with Crippen molar-refractivity contribution in [1.29, 1.82) is 0 Å². The molecule has 0 unspecified atom stereocenters.